The van der Waals surface area contributed by atoms with Crippen molar-refractivity contribution in [3.8, 4) is 23.2 Å². The summed E-state index contributed by atoms with van der Waals surface area (Å²) >= 11 is 6.85. The molecule has 0 bridgehead atoms. The number of aromatic carboxylic acids is 1. The van der Waals surface area contributed by atoms with Gasteiger partial charge in [-0.2, -0.15) is 5.26 Å². The first-order valence-electron chi connectivity index (χ1n) is 14.5. The molecule has 1 fully saturated rings. The summed E-state index contributed by atoms with van der Waals surface area (Å²) in [5, 5.41) is 19.0. The van der Waals surface area contributed by atoms with Crippen LogP contribution in [-0.4, -0.2) is 38.8 Å². The zero-order valence-electron chi connectivity index (χ0n) is 25.3. The summed E-state index contributed by atoms with van der Waals surface area (Å²) in [6.07, 6.45) is 0.366. The molecule has 2 aromatic heterocycles. The van der Waals surface area contributed by atoms with Crippen LogP contribution in [0.5, 0.6) is 5.88 Å². The number of hydrogen-bond acceptors (Lipinski definition) is 6. The molecule has 0 amide bonds. The number of carboxylic acids is 1. The molecule has 46 heavy (non-hydrogen) atoms. The predicted octanol–water partition coefficient (Wildman–Crippen LogP) is 7.68. The molecule has 3 heterocycles. The van der Waals surface area contributed by atoms with Crippen LogP contribution in [0.15, 0.2) is 60.7 Å². The number of carboxylic acid groups (broad SMARTS) is 1. The second kappa shape index (κ2) is 12.2. The zero-order chi connectivity index (χ0) is 32.7. The van der Waals surface area contributed by atoms with Gasteiger partial charge in [-0.3, -0.25) is 0 Å². The van der Waals surface area contributed by atoms with Gasteiger partial charge in [-0.15, -0.1) is 0 Å². The Bertz CT molecular complexity index is 2050. The van der Waals surface area contributed by atoms with Crippen LogP contribution < -0.4 is 4.74 Å². The Morgan fingerprint density at radius 1 is 1.11 bits per heavy atom. The molecule has 0 saturated carbocycles. The average molecular weight is 643 g/mol. The largest absolute Gasteiger partial charge is 0.478 e. The van der Waals surface area contributed by atoms with Crippen molar-refractivity contribution in [2.24, 2.45) is 5.41 Å². The summed E-state index contributed by atoms with van der Waals surface area (Å²) in [6.45, 7) is 6.86. The van der Waals surface area contributed by atoms with E-state index in [0.29, 0.717) is 46.9 Å². The van der Waals surface area contributed by atoms with Crippen LogP contribution in [0.3, 0.4) is 0 Å². The highest BCUT2D eigenvalue weighted by Gasteiger charge is 2.39. The summed E-state index contributed by atoms with van der Waals surface area (Å²) in [6, 6.07) is 17.1. The van der Waals surface area contributed by atoms with Gasteiger partial charge in [-0.1, -0.05) is 37.6 Å². The topological polar surface area (TPSA) is 110 Å². The number of nitriles is 1. The number of carbonyl (C=O) groups is 1. The van der Waals surface area contributed by atoms with Gasteiger partial charge >= 0.3 is 5.97 Å². The minimum absolute atomic E-state index is 0.0738. The van der Waals surface area contributed by atoms with E-state index < -0.39 is 17.6 Å². The molecule has 1 aliphatic heterocycles. The molecular formula is C35H29ClF2N4O4. The Kier molecular flexibility index (Phi) is 8.23. The smallest absolute Gasteiger partial charge is 0.335 e. The van der Waals surface area contributed by atoms with E-state index in [1.807, 2.05) is 19.1 Å². The van der Waals surface area contributed by atoms with Crippen LogP contribution in [0.4, 0.5) is 8.78 Å². The molecule has 6 rings (SSSR count). The van der Waals surface area contributed by atoms with Crippen molar-refractivity contribution >= 4 is 28.6 Å². The number of imidazole rings is 1. The minimum Gasteiger partial charge on any atom is -0.478 e. The number of aryl methyl sites for hydroxylation is 1. The molecule has 0 radical (unpaired) electrons. The lowest BCUT2D eigenvalue weighted by atomic mass is 9.87. The van der Waals surface area contributed by atoms with Crippen molar-refractivity contribution < 1.29 is 28.2 Å². The monoisotopic (exact) mass is 642 g/mol. The molecule has 5 aromatic rings. The van der Waals surface area contributed by atoms with E-state index in [-0.39, 0.29) is 40.6 Å². The average Bonchev–Trinajstić information content (AvgIpc) is 3.55. The first kappa shape index (κ1) is 31.1. The fraction of sp³-hybridized carbons (Fsp3) is 0.257. The summed E-state index contributed by atoms with van der Waals surface area (Å²) in [7, 11) is 0. The molecule has 8 nitrogen and oxygen atoms in total. The Hall–Kier alpha value is -4.85. The quantitative estimate of drug-likeness (QED) is 0.185. The van der Waals surface area contributed by atoms with Gasteiger partial charge in [0.2, 0.25) is 0 Å². The maximum Gasteiger partial charge on any atom is 0.335 e. The van der Waals surface area contributed by atoms with Crippen LogP contribution in [0.2, 0.25) is 5.02 Å². The van der Waals surface area contributed by atoms with Crippen LogP contribution in [-0.2, 0) is 17.8 Å². The van der Waals surface area contributed by atoms with Crippen molar-refractivity contribution in [3.05, 3.63) is 111 Å². The van der Waals surface area contributed by atoms with Crippen molar-refractivity contribution in [2.45, 2.75) is 39.8 Å². The second-order valence-corrected chi connectivity index (χ2v) is 12.5. The number of benzene rings is 3. The molecule has 1 atom stereocenters. The number of hydrogen-bond donors (Lipinski definition) is 1. The van der Waals surface area contributed by atoms with Gasteiger partial charge in [-0.25, -0.2) is 23.5 Å². The van der Waals surface area contributed by atoms with Gasteiger partial charge in [0.25, 0.3) is 5.88 Å². The first-order valence-corrected chi connectivity index (χ1v) is 14.9. The summed E-state index contributed by atoms with van der Waals surface area (Å²) in [5.74, 6) is -1.93. The molecule has 1 unspecified atom stereocenters. The third kappa shape index (κ3) is 5.91. The van der Waals surface area contributed by atoms with E-state index in [2.05, 4.69) is 23.4 Å². The van der Waals surface area contributed by atoms with Gasteiger partial charge in [0.15, 0.2) is 5.82 Å². The summed E-state index contributed by atoms with van der Waals surface area (Å²) < 4.78 is 42.5. The lowest BCUT2D eigenvalue weighted by Gasteiger charge is -2.28. The highest BCUT2D eigenvalue weighted by atomic mass is 35.5. The second-order valence-electron chi connectivity index (χ2n) is 12.1. The Balaban J connectivity index is 1.32. The lowest BCUT2D eigenvalue weighted by molar-refractivity contribution is 0.0697. The maximum absolute atomic E-state index is 14.7. The molecule has 1 N–H and O–H groups in total. The normalized spacial score (nSPS) is 15.6. The summed E-state index contributed by atoms with van der Waals surface area (Å²) in [4.78, 5) is 21.0. The molecule has 3 aromatic carbocycles. The zero-order valence-corrected chi connectivity index (χ0v) is 26.0. The fourth-order valence-electron chi connectivity index (χ4n) is 5.81. The highest BCUT2D eigenvalue weighted by molar-refractivity contribution is 6.31. The number of halogens is 3. The number of aromatic nitrogens is 3. The van der Waals surface area contributed by atoms with Crippen molar-refractivity contribution in [2.75, 3.05) is 13.2 Å². The number of nitrogens with zero attached hydrogens (tertiary/aromatic N) is 4. The Morgan fingerprint density at radius 3 is 2.61 bits per heavy atom. The lowest BCUT2D eigenvalue weighted by Crippen LogP contribution is -2.27. The third-order valence-electron chi connectivity index (χ3n) is 8.35. The third-order valence-corrected chi connectivity index (χ3v) is 8.70. The van der Waals surface area contributed by atoms with Crippen LogP contribution in [0.1, 0.15) is 58.3 Å². The van der Waals surface area contributed by atoms with E-state index in [4.69, 9.17) is 31.3 Å². The number of ether oxygens (including phenoxy) is 2. The molecule has 1 aliphatic rings. The first-order chi connectivity index (χ1) is 21.9. The number of rotatable bonds is 8. The van der Waals surface area contributed by atoms with Gasteiger partial charge in [0.05, 0.1) is 53.2 Å². The van der Waals surface area contributed by atoms with Gasteiger partial charge in [-0.05, 0) is 66.6 Å². The van der Waals surface area contributed by atoms with Gasteiger partial charge < -0.3 is 19.1 Å². The minimum atomic E-state index is -1.02. The van der Waals surface area contributed by atoms with Gasteiger partial charge in [0, 0.05) is 28.0 Å². The van der Waals surface area contributed by atoms with E-state index in [1.54, 1.807) is 24.3 Å². The SMILES string of the molecule is Cc1cc(Cc2nc3ccc(C(=O)O)cc3n2C2COCC2(C)C)c(Cl)cc1-c1ccc(F)c(OCc2ccc(C#N)cc2F)n1. The molecule has 0 spiro atoms. The van der Waals surface area contributed by atoms with Crippen LogP contribution in [0.25, 0.3) is 22.3 Å². The molecule has 0 aliphatic carbocycles. The van der Waals surface area contributed by atoms with E-state index >= 15 is 0 Å². The van der Waals surface area contributed by atoms with E-state index in [1.165, 1.54) is 24.3 Å². The van der Waals surface area contributed by atoms with Crippen molar-refractivity contribution in [1.29, 1.82) is 5.26 Å². The predicted molar refractivity (Wildman–Crippen MR) is 168 cm³/mol. The highest BCUT2D eigenvalue weighted by Crippen LogP contribution is 2.41. The number of pyridine rings is 1. The number of fused-ring (bicyclic) bond motifs is 1. The Morgan fingerprint density at radius 2 is 1.91 bits per heavy atom. The molecular weight excluding hydrogens is 614 g/mol. The molecule has 1 saturated heterocycles. The fourth-order valence-corrected chi connectivity index (χ4v) is 6.04. The van der Waals surface area contributed by atoms with E-state index in [0.717, 1.165) is 23.0 Å². The standard InChI is InChI=1S/C35H29ClF2N4O4/c1-19-10-23(13-32-40-29-8-6-21(34(43)44)12-30(29)42(32)31-17-45-18-35(31,2)3)25(36)14-24(19)28-9-7-26(37)33(41-28)46-16-22-5-4-20(15-39)11-27(22)38/h4-12,14,31H,13,16-18H2,1-3H3,(H,43,44). The van der Waals surface area contributed by atoms with E-state index in [9.17, 15) is 18.7 Å². The van der Waals surface area contributed by atoms with Gasteiger partial charge in [0.1, 0.15) is 18.2 Å². The summed E-state index contributed by atoms with van der Waals surface area (Å²) in [5.41, 5.74) is 4.37. The van der Waals surface area contributed by atoms with Crippen LogP contribution in [0, 0.1) is 35.3 Å². The maximum atomic E-state index is 14.7. The van der Waals surface area contributed by atoms with Crippen LogP contribution >= 0.6 is 11.6 Å². The molecule has 11 heteroatoms. The van der Waals surface area contributed by atoms with Crippen molar-refractivity contribution in [3.63, 3.8) is 0 Å². The van der Waals surface area contributed by atoms with Crippen molar-refractivity contribution in [1.82, 2.24) is 14.5 Å². The molecule has 234 valence electrons. The Labute approximate surface area is 268 Å².